The molecule has 0 fully saturated rings. The molecule has 2 aliphatic heterocycles. The summed E-state index contributed by atoms with van der Waals surface area (Å²) in [4.78, 5) is 26.8. The highest BCUT2D eigenvalue weighted by atomic mass is 19.4. The van der Waals surface area contributed by atoms with E-state index in [1.165, 1.54) is 26.4 Å². The summed E-state index contributed by atoms with van der Waals surface area (Å²) in [6.45, 7) is -0.209. The standard InChI is InChI=1S/C22H18F3NO5/c1-29-14-6-7-18(30-2)15(9-14)16-10-19(27)26(17-11-31-21(28)20(16)17)13-5-3-4-12(8-13)22(23,24)25/h3-9,16H,10-11H2,1-2H3. The highest BCUT2D eigenvalue weighted by Gasteiger charge is 2.44. The molecule has 1 amide bonds. The van der Waals surface area contributed by atoms with Crippen molar-refractivity contribution in [2.24, 2.45) is 0 Å². The molecule has 0 bridgehead atoms. The Morgan fingerprint density at radius 1 is 1.06 bits per heavy atom. The molecule has 0 radical (unpaired) electrons. The van der Waals surface area contributed by atoms with E-state index < -0.39 is 29.5 Å². The molecule has 0 N–H and O–H groups in total. The van der Waals surface area contributed by atoms with Crippen molar-refractivity contribution in [2.75, 3.05) is 25.7 Å². The van der Waals surface area contributed by atoms with Crippen molar-refractivity contribution in [2.45, 2.75) is 18.5 Å². The van der Waals surface area contributed by atoms with Crippen LogP contribution in [0.2, 0.25) is 0 Å². The minimum absolute atomic E-state index is 0.0293. The number of methoxy groups -OCH3 is 2. The van der Waals surface area contributed by atoms with Crippen molar-refractivity contribution in [3.63, 3.8) is 0 Å². The van der Waals surface area contributed by atoms with Crippen molar-refractivity contribution < 1.29 is 37.0 Å². The van der Waals surface area contributed by atoms with E-state index in [0.717, 1.165) is 17.0 Å². The molecule has 4 rings (SSSR count). The van der Waals surface area contributed by atoms with Crippen LogP contribution in [0.4, 0.5) is 18.9 Å². The molecule has 2 aromatic rings. The zero-order chi connectivity index (χ0) is 22.3. The number of esters is 1. The molecule has 1 unspecified atom stereocenters. The summed E-state index contributed by atoms with van der Waals surface area (Å²) < 4.78 is 55.4. The molecular weight excluding hydrogens is 415 g/mol. The molecule has 0 spiro atoms. The van der Waals surface area contributed by atoms with Crippen LogP contribution in [-0.2, 0) is 20.5 Å². The molecule has 2 aromatic carbocycles. The van der Waals surface area contributed by atoms with Crippen LogP contribution in [0.3, 0.4) is 0 Å². The van der Waals surface area contributed by atoms with E-state index in [9.17, 15) is 22.8 Å². The van der Waals surface area contributed by atoms with Gasteiger partial charge >= 0.3 is 12.1 Å². The molecule has 0 saturated heterocycles. The van der Waals surface area contributed by atoms with Crippen LogP contribution in [0, 0.1) is 0 Å². The lowest BCUT2D eigenvalue weighted by Crippen LogP contribution is -2.37. The predicted octanol–water partition coefficient (Wildman–Crippen LogP) is 4.05. The number of cyclic esters (lactones) is 1. The molecular formula is C22H18F3NO5. The van der Waals surface area contributed by atoms with Crippen molar-refractivity contribution in [1.29, 1.82) is 0 Å². The van der Waals surface area contributed by atoms with Gasteiger partial charge in [-0.25, -0.2) is 4.79 Å². The summed E-state index contributed by atoms with van der Waals surface area (Å²) in [6.07, 6.45) is -4.71. The van der Waals surface area contributed by atoms with Gasteiger partial charge in [-0.3, -0.25) is 9.69 Å². The van der Waals surface area contributed by atoms with Gasteiger partial charge in [-0.2, -0.15) is 13.2 Å². The minimum atomic E-state index is -4.56. The van der Waals surface area contributed by atoms with Crippen molar-refractivity contribution in [3.05, 3.63) is 64.9 Å². The second kappa shape index (κ2) is 7.64. The first kappa shape index (κ1) is 20.8. The predicted molar refractivity (Wildman–Crippen MR) is 104 cm³/mol. The number of rotatable bonds is 4. The van der Waals surface area contributed by atoms with Crippen LogP contribution < -0.4 is 14.4 Å². The summed E-state index contributed by atoms with van der Waals surface area (Å²) in [5, 5.41) is 0. The van der Waals surface area contributed by atoms with Gasteiger partial charge in [-0.15, -0.1) is 0 Å². The van der Waals surface area contributed by atoms with Gasteiger partial charge in [0.25, 0.3) is 0 Å². The summed E-state index contributed by atoms with van der Waals surface area (Å²) in [7, 11) is 2.95. The topological polar surface area (TPSA) is 65.1 Å². The number of ether oxygens (including phenoxy) is 3. The lowest BCUT2D eigenvalue weighted by molar-refractivity contribution is -0.138. The Morgan fingerprint density at radius 3 is 2.52 bits per heavy atom. The van der Waals surface area contributed by atoms with Crippen molar-refractivity contribution in [3.8, 4) is 11.5 Å². The SMILES string of the molecule is COc1ccc(OC)c(C2CC(=O)N(c3cccc(C(F)(F)F)c3)C3=C2C(=O)OC3)c1. The number of alkyl halides is 3. The zero-order valence-corrected chi connectivity index (χ0v) is 16.7. The number of carbonyl (C=O) groups is 2. The molecule has 0 saturated carbocycles. The summed E-state index contributed by atoms with van der Waals surface area (Å²) in [6, 6.07) is 9.45. The number of amides is 1. The van der Waals surface area contributed by atoms with Crippen LogP contribution >= 0.6 is 0 Å². The van der Waals surface area contributed by atoms with Gasteiger partial charge in [0.2, 0.25) is 5.91 Å². The van der Waals surface area contributed by atoms with E-state index >= 15 is 0 Å². The normalized spacial score (nSPS) is 18.7. The van der Waals surface area contributed by atoms with E-state index in [-0.39, 0.29) is 30.0 Å². The molecule has 2 heterocycles. The Bertz CT molecular complexity index is 1090. The van der Waals surface area contributed by atoms with Crippen LogP contribution in [0.1, 0.15) is 23.5 Å². The van der Waals surface area contributed by atoms with Crippen LogP contribution in [0.5, 0.6) is 11.5 Å². The molecule has 31 heavy (non-hydrogen) atoms. The smallest absolute Gasteiger partial charge is 0.416 e. The number of anilines is 1. The lowest BCUT2D eigenvalue weighted by Gasteiger charge is -2.32. The highest BCUT2D eigenvalue weighted by molar-refractivity contribution is 6.06. The zero-order valence-electron chi connectivity index (χ0n) is 16.7. The van der Waals surface area contributed by atoms with E-state index in [1.807, 2.05) is 0 Å². The van der Waals surface area contributed by atoms with Gasteiger partial charge in [0, 0.05) is 23.6 Å². The number of nitrogens with zero attached hydrogens (tertiary/aromatic N) is 1. The van der Waals surface area contributed by atoms with Crippen LogP contribution in [0.25, 0.3) is 0 Å². The molecule has 0 aliphatic carbocycles. The number of benzene rings is 2. The second-order valence-electron chi connectivity index (χ2n) is 7.08. The van der Waals surface area contributed by atoms with E-state index in [4.69, 9.17) is 14.2 Å². The number of carbonyl (C=O) groups excluding carboxylic acids is 2. The monoisotopic (exact) mass is 433 g/mol. The Kier molecular flexibility index (Phi) is 5.12. The molecule has 9 heteroatoms. The maximum Gasteiger partial charge on any atom is 0.416 e. The average Bonchev–Trinajstić information content (AvgIpc) is 3.13. The Morgan fingerprint density at radius 2 is 1.84 bits per heavy atom. The van der Waals surface area contributed by atoms with Crippen LogP contribution in [0.15, 0.2) is 53.7 Å². The summed E-state index contributed by atoms with van der Waals surface area (Å²) in [5.74, 6) is -0.778. The van der Waals surface area contributed by atoms with Gasteiger partial charge in [0.15, 0.2) is 0 Å². The van der Waals surface area contributed by atoms with E-state index in [0.29, 0.717) is 17.1 Å². The third kappa shape index (κ3) is 3.60. The van der Waals surface area contributed by atoms with Gasteiger partial charge < -0.3 is 14.2 Å². The van der Waals surface area contributed by atoms with Crippen LogP contribution in [-0.4, -0.2) is 32.7 Å². The number of hydrogen-bond donors (Lipinski definition) is 0. The minimum Gasteiger partial charge on any atom is -0.497 e. The molecule has 162 valence electrons. The quantitative estimate of drug-likeness (QED) is 0.681. The first-order valence-electron chi connectivity index (χ1n) is 9.37. The maximum absolute atomic E-state index is 13.2. The lowest BCUT2D eigenvalue weighted by atomic mass is 9.83. The third-order valence-corrected chi connectivity index (χ3v) is 5.36. The van der Waals surface area contributed by atoms with Gasteiger partial charge in [-0.05, 0) is 36.4 Å². The largest absolute Gasteiger partial charge is 0.497 e. The van der Waals surface area contributed by atoms with Gasteiger partial charge in [0.1, 0.15) is 18.1 Å². The van der Waals surface area contributed by atoms with Crippen molar-refractivity contribution >= 4 is 17.6 Å². The average molecular weight is 433 g/mol. The highest BCUT2D eigenvalue weighted by Crippen LogP contribution is 2.45. The maximum atomic E-state index is 13.2. The second-order valence-corrected chi connectivity index (χ2v) is 7.08. The van der Waals surface area contributed by atoms with E-state index in [2.05, 4.69) is 0 Å². The molecule has 2 aliphatic rings. The molecule has 0 aromatic heterocycles. The number of halogens is 3. The van der Waals surface area contributed by atoms with Gasteiger partial charge in [-0.1, -0.05) is 6.07 Å². The Hall–Kier alpha value is -3.49. The molecule has 6 nitrogen and oxygen atoms in total. The first-order valence-corrected chi connectivity index (χ1v) is 9.37. The fourth-order valence-electron chi connectivity index (χ4n) is 3.95. The third-order valence-electron chi connectivity index (χ3n) is 5.36. The Labute approximate surface area is 175 Å². The Balaban J connectivity index is 1.85. The fourth-order valence-corrected chi connectivity index (χ4v) is 3.95. The van der Waals surface area contributed by atoms with Crippen molar-refractivity contribution in [1.82, 2.24) is 0 Å². The molecule has 1 atom stereocenters. The first-order chi connectivity index (χ1) is 14.7. The van der Waals surface area contributed by atoms with E-state index in [1.54, 1.807) is 18.2 Å². The number of hydrogen-bond acceptors (Lipinski definition) is 5. The summed E-state index contributed by atoms with van der Waals surface area (Å²) in [5.41, 5.74) is 0.160. The van der Waals surface area contributed by atoms with Gasteiger partial charge in [0.05, 0.1) is 31.1 Å². The fraction of sp³-hybridized carbons (Fsp3) is 0.273. The summed E-state index contributed by atoms with van der Waals surface area (Å²) >= 11 is 0.